The smallest absolute Gasteiger partial charge is 0.253 e. The number of benzene rings is 1. The number of imidazole rings is 1. The monoisotopic (exact) mass is 382 g/mol. The Morgan fingerprint density at radius 2 is 1.68 bits per heavy atom. The van der Waals surface area contributed by atoms with E-state index in [4.69, 9.17) is 11.6 Å². The maximum atomic E-state index is 5.93. The van der Waals surface area contributed by atoms with Crippen LogP contribution in [0.2, 0.25) is 5.02 Å². The molecule has 1 heterocycles. The Bertz CT molecular complexity index is 590. The molecule has 0 amide bonds. The van der Waals surface area contributed by atoms with Crippen molar-refractivity contribution in [3.63, 3.8) is 0 Å². The molecule has 0 saturated carbocycles. The quantitative estimate of drug-likeness (QED) is 0.417. The van der Waals surface area contributed by atoms with Crippen LogP contribution in [0.5, 0.6) is 0 Å². The molecule has 0 aliphatic carbocycles. The fourth-order valence-electron chi connectivity index (χ4n) is 3.16. The summed E-state index contributed by atoms with van der Waals surface area (Å²) >= 11 is 5.93. The summed E-state index contributed by atoms with van der Waals surface area (Å²) in [6, 6.07) is 8.23. The van der Waals surface area contributed by atoms with E-state index in [1.54, 1.807) is 0 Å². The molecule has 1 aromatic heterocycles. The van der Waals surface area contributed by atoms with E-state index in [0.29, 0.717) is 0 Å². The third-order valence-electron chi connectivity index (χ3n) is 4.79. The van der Waals surface area contributed by atoms with Crippen molar-refractivity contribution in [1.29, 1.82) is 0 Å². The van der Waals surface area contributed by atoms with Gasteiger partial charge in [0.15, 0.2) is 0 Å². The van der Waals surface area contributed by atoms with Crippen LogP contribution in [0.3, 0.4) is 0 Å². The minimum atomic E-state index is 0. The summed E-state index contributed by atoms with van der Waals surface area (Å²) in [7, 11) is 0. The molecule has 1 aromatic carbocycles. The van der Waals surface area contributed by atoms with Gasteiger partial charge in [0, 0.05) is 11.9 Å². The van der Waals surface area contributed by atoms with E-state index in [1.165, 1.54) is 56.3 Å². The summed E-state index contributed by atoms with van der Waals surface area (Å²) in [6.45, 7) is 6.78. The standard InChI is InChI=1S/C21H32ClN2.ClH/c1-3-4-5-6-8-15-23-17-18-24(19(23)2)16-9-7-10-20-11-13-21(22)14-12-20;/h11-14,17-18H,3-10,15-16H2,1-2H3;1H/q+1;/p-1. The van der Waals surface area contributed by atoms with Crippen molar-refractivity contribution < 1.29 is 17.0 Å². The largest absolute Gasteiger partial charge is 1.00 e. The molecule has 2 rings (SSSR count). The maximum absolute atomic E-state index is 5.93. The summed E-state index contributed by atoms with van der Waals surface area (Å²) in [5.41, 5.74) is 1.38. The Morgan fingerprint density at radius 1 is 0.960 bits per heavy atom. The molecule has 0 aliphatic heterocycles. The van der Waals surface area contributed by atoms with Crippen LogP contribution in [0.1, 0.15) is 63.3 Å². The second-order valence-corrected chi connectivity index (χ2v) is 7.17. The van der Waals surface area contributed by atoms with E-state index in [1.807, 2.05) is 12.1 Å². The highest BCUT2D eigenvalue weighted by Gasteiger charge is 2.11. The SMILES string of the molecule is CCCCCCC[n+]1ccn(CCCCc2ccc(Cl)cc2)c1C.[Cl-]. The van der Waals surface area contributed by atoms with Crippen LogP contribution in [0.15, 0.2) is 36.7 Å². The normalized spacial score (nSPS) is 10.7. The Kier molecular flexibility index (Phi) is 10.9. The van der Waals surface area contributed by atoms with E-state index in [9.17, 15) is 0 Å². The predicted molar refractivity (Wildman–Crippen MR) is 103 cm³/mol. The van der Waals surface area contributed by atoms with Gasteiger partial charge in [-0.1, -0.05) is 49.9 Å². The van der Waals surface area contributed by atoms with Gasteiger partial charge in [0.25, 0.3) is 5.82 Å². The van der Waals surface area contributed by atoms with Crippen molar-refractivity contribution in [3.8, 4) is 0 Å². The lowest BCUT2D eigenvalue weighted by molar-refractivity contribution is -0.702. The molecule has 0 unspecified atom stereocenters. The summed E-state index contributed by atoms with van der Waals surface area (Å²) in [4.78, 5) is 0. The number of hydrogen-bond donors (Lipinski definition) is 0. The van der Waals surface area contributed by atoms with Gasteiger partial charge in [-0.15, -0.1) is 0 Å². The summed E-state index contributed by atoms with van der Waals surface area (Å²) in [5.74, 6) is 1.39. The third kappa shape index (κ3) is 7.83. The first kappa shape index (κ1) is 22.1. The molecule has 0 fully saturated rings. The van der Waals surface area contributed by atoms with Gasteiger partial charge in [0.2, 0.25) is 0 Å². The zero-order valence-electron chi connectivity index (χ0n) is 15.7. The van der Waals surface area contributed by atoms with Gasteiger partial charge in [-0.25, -0.2) is 9.13 Å². The summed E-state index contributed by atoms with van der Waals surface area (Å²) < 4.78 is 4.80. The highest BCUT2D eigenvalue weighted by atomic mass is 35.5. The summed E-state index contributed by atoms with van der Waals surface area (Å²) in [6.07, 6.45) is 14.8. The van der Waals surface area contributed by atoms with Crippen LogP contribution in [-0.4, -0.2) is 4.57 Å². The van der Waals surface area contributed by atoms with Gasteiger partial charge < -0.3 is 12.4 Å². The van der Waals surface area contributed by atoms with Crippen LogP contribution < -0.4 is 17.0 Å². The third-order valence-corrected chi connectivity index (χ3v) is 5.04. The molecule has 0 atom stereocenters. The number of hydrogen-bond acceptors (Lipinski definition) is 0. The van der Waals surface area contributed by atoms with Gasteiger partial charge >= 0.3 is 0 Å². The first-order valence-corrected chi connectivity index (χ1v) is 9.88. The Hall–Kier alpha value is -0.990. The molecule has 2 nitrogen and oxygen atoms in total. The van der Waals surface area contributed by atoms with E-state index in [-0.39, 0.29) is 12.4 Å². The molecule has 0 saturated heterocycles. The minimum Gasteiger partial charge on any atom is -1.00 e. The second-order valence-electron chi connectivity index (χ2n) is 6.73. The van der Waals surface area contributed by atoms with E-state index >= 15 is 0 Å². The Labute approximate surface area is 164 Å². The molecule has 0 aliphatic rings. The minimum absolute atomic E-state index is 0. The van der Waals surface area contributed by atoms with Crippen molar-refractivity contribution in [3.05, 3.63) is 53.1 Å². The lowest BCUT2D eigenvalue weighted by Crippen LogP contribution is -3.00. The van der Waals surface area contributed by atoms with Gasteiger partial charge in [-0.3, -0.25) is 0 Å². The predicted octanol–water partition coefficient (Wildman–Crippen LogP) is 2.73. The van der Waals surface area contributed by atoms with Crippen LogP contribution in [0.25, 0.3) is 0 Å². The first-order chi connectivity index (χ1) is 11.7. The first-order valence-electron chi connectivity index (χ1n) is 9.50. The molecule has 0 bridgehead atoms. The lowest BCUT2D eigenvalue weighted by atomic mass is 10.1. The van der Waals surface area contributed by atoms with E-state index in [2.05, 4.69) is 47.5 Å². The molecule has 0 radical (unpaired) electrons. The van der Waals surface area contributed by atoms with Gasteiger partial charge in [0.1, 0.15) is 12.4 Å². The van der Waals surface area contributed by atoms with Gasteiger partial charge in [-0.05, 0) is 49.8 Å². The molecule has 2 aromatic rings. The average molecular weight is 383 g/mol. The van der Waals surface area contributed by atoms with Crippen LogP contribution in [0, 0.1) is 6.92 Å². The van der Waals surface area contributed by atoms with E-state index in [0.717, 1.165) is 24.5 Å². The number of rotatable bonds is 11. The second kappa shape index (κ2) is 12.4. The Balaban J connectivity index is 0.00000312. The number of unbranched alkanes of at least 4 members (excludes halogenated alkanes) is 5. The molecule has 0 N–H and O–H groups in total. The molecular weight excluding hydrogens is 351 g/mol. The van der Waals surface area contributed by atoms with Crippen molar-refractivity contribution in [2.45, 2.75) is 78.3 Å². The maximum Gasteiger partial charge on any atom is 0.253 e. The highest BCUT2D eigenvalue weighted by Crippen LogP contribution is 2.12. The average Bonchev–Trinajstić information content (AvgIpc) is 2.93. The van der Waals surface area contributed by atoms with Crippen LogP contribution >= 0.6 is 11.6 Å². The van der Waals surface area contributed by atoms with Gasteiger partial charge in [0.05, 0.1) is 13.1 Å². The fourth-order valence-corrected chi connectivity index (χ4v) is 3.29. The lowest BCUT2D eigenvalue weighted by Gasteiger charge is -2.03. The molecular formula is C21H32Cl2N2. The Morgan fingerprint density at radius 3 is 2.40 bits per heavy atom. The number of nitrogens with zero attached hydrogens (tertiary/aromatic N) is 2. The number of aryl methyl sites for hydroxylation is 3. The van der Waals surface area contributed by atoms with Crippen molar-refractivity contribution in [2.75, 3.05) is 0 Å². The number of halogens is 2. The van der Waals surface area contributed by atoms with Crippen molar-refractivity contribution in [1.82, 2.24) is 4.57 Å². The zero-order chi connectivity index (χ0) is 17.2. The zero-order valence-corrected chi connectivity index (χ0v) is 17.2. The number of aromatic nitrogens is 2. The molecule has 140 valence electrons. The summed E-state index contributed by atoms with van der Waals surface area (Å²) in [5, 5.41) is 0.820. The van der Waals surface area contributed by atoms with Crippen molar-refractivity contribution in [2.24, 2.45) is 0 Å². The van der Waals surface area contributed by atoms with Crippen LogP contribution in [-0.2, 0) is 19.5 Å². The molecule has 25 heavy (non-hydrogen) atoms. The van der Waals surface area contributed by atoms with E-state index < -0.39 is 0 Å². The van der Waals surface area contributed by atoms with Crippen LogP contribution in [0.4, 0.5) is 0 Å². The topological polar surface area (TPSA) is 8.81 Å². The van der Waals surface area contributed by atoms with Crippen molar-refractivity contribution >= 4 is 11.6 Å². The molecule has 0 spiro atoms. The molecule has 4 heteroatoms. The fraction of sp³-hybridized carbons (Fsp3) is 0.571. The highest BCUT2D eigenvalue weighted by molar-refractivity contribution is 6.30. The van der Waals surface area contributed by atoms with Gasteiger partial charge in [-0.2, -0.15) is 0 Å².